The molecule has 2 amide bonds. The van der Waals surface area contributed by atoms with Crippen LogP contribution in [-0.4, -0.2) is 44.6 Å². The Bertz CT molecular complexity index is 924. The number of amides is 2. The highest BCUT2D eigenvalue weighted by atomic mass is 16.5. The second kappa shape index (κ2) is 9.17. The third kappa shape index (κ3) is 4.85. The monoisotopic (exact) mass is 386 g/mol. The summed E-state index contributed by atoms with van der Waals surface area (Å²) >= 11 is 0. The first-order chi connectivity index (χ1) is 13.4. The second-order valence-corrected chi connectivity index (χ2v) is 5.44. The molecule has 9 nitrogen and oxygen atoms in total. The molecule has 2 aromatic carbocycles. The van der Waals surface area contributed by atoms with Crippen molar-refractivity contribution in [3.63, 3.8) is 0 Å². The lowest BCUT2D eigenvalue weighted by molar-refractivity contribution is -0.118. The smallest absolute Gasteiger partial charge is 0.339 e. The minimum atomic E-state index is -0.702. The number of hydrogen-bond acceptors (Lipinski definition) is 7. The lowest BCUT2D eigenvalue weighted by atomic mass is 10.1. The van der Waals surface area contributed by atoms with Crippen LogP contribution in [0.1, 0.15) is 31.1 Å². The summed E-state index contributed by atoms with van der Waals surface area (Å²) in [7, 11) is 2.39. The Balaban J connectivity index is 2.19. The third-order valence-corrected chi connectivity index (χ3v) is 3.63. The molecule has 0 spiro atoms. The molecule has 0 saturated heterocycles. The number of hydrogen-bond donors (Lipinski definition) is 2. The third-order valence-electron chi connectivity index (χ3n) is 3.63. The average molecular weight is 386 g/mol. The summed E-state index contributed by atoms with van der Waals surface area (Å²) in [6.07, 6.45) is 0. The standard InChI is InChI=1S/C19H18N2O7/c1-26-18(24)11-7-8-12(19(25)27-2)14(9-11)21-16(22)10-28-15-6-4-3-5-13(15)17(20)23/h3-9H,10H2,1-2H3,(H2,20,23)(H,21,22). The molecule has 146 valence electrons. The summed E-state index contributed by atoms with van der Waals surface area (Å²) in [5, 5.41) is 2.48. The number of rotatable bonds is 7. The van der Waals surface area contributed by atoms with Gasteiger partial charge >= 0.3 is 11.9 Å². The largest absolute Gasteiger partial charge is 0.483 e. The Labute approximate surface area is 160 Å². The van der Waals surface area contributed by atoms with Crippen molar-refractivity contribution in [2.24, 2.45) is 5.73 Å². The Morgan fingerprint density at radius 3 is 2.25 bits per heavy atom. The van der Waals surface area contributed by atoms with Gasteiger partial charge in [0.1, 0.15) is 5.75 Å². The highest BCUT2D eigenvalue weighted by molar-refractivity contribution is 6.04. The summed E-state index contributed by atoms with van der Waals surface area (Å²) < 4.78 is 14.6. The molecule has 0 radical (unpaired) electrons. The minimum Gasteiger partial charge on any atom is -0.483 e. The Kier molecular flexibility index (Phi) is 6.69. The fourth-order valence-electron chi connectivity index (χ4n) is 2.31. The maximum atomic E-state index is 12.3. The van der Waals surface area contributed by atoms with Gasteiger partial charge in [-0.05, 0) is 30.3 Å². The van der Waals surface area contributed by atoms with Gasteiger partial charge in [0.15, 0.2) is 6.61 Å². The zero-order valence-corrected chi connectivity index (χ0v) is 15.2. The molecule has 0 heterocycles. The van der Waals surface area contributed by atoms with Gasteiger partial charge in [0.2, 0.25) is 0 Å². The van der Waals surface area contributed by atoms with Crippen LogP contribution in [0.3, 0.4) is 0 Å². The van der Waals surface area contributed by atoms with Crippen molar-refractivity contribution in [3.05, 3.63) is 59.2 Å². The van der Waals surface area contributed by atoms with Gasteiger partial charge in [0.25, 0.3) is 11.8 Å². The fourth-order valence-corrected chi connectivity index (χ4v) is 2.31. The van der Waals surface area contributed by atoms with E-state index >= 15 is 0 Å². The number of nitrogens with two attached hydrogens (primary N) is 1. The van der Waals surface area contributed by atoms with Crippen molar-refractivity contribution in [2.75, 3.05) is 26.1 Å². The van der Waals surface area contributed by atoms with E-state index in [1.54, 1.807) is 12.1 Å². The van der Waals surface area contributed by atoms with Crippen molar-refractivity contribution in [1.82, 2.24) is 0 Å². The van der Waals surface area contributed by atoms with Gasteiger partial charge in [-0.15, -0.1) is 0 Å². The molecular weight excluding hydrogens is 368 g/mol. The molecular formula is C19H18N2O7. The number of para-hydroxylation sites is 1. The zero-order valence-electron chi connectivity index (χ0n) is 15.2. The van der Waals surface area contributed by atoms with E-state index in [1.807, 2.05) is 0 Å². The molecule has 28 heavy (non-hydrogen) atoms. The van der Waals surface area contributed by atoms with E-state index in [0.29, 0.717) is 0 Å². The molecule has 0 aliphatic heterocycles. The van der Waals surface area contributed by atoms with Crippen LogP contribution in [0.5, 0.6) is 5.75 Å². The molecule has 2 rings (SSSR count). The van der Waals surface area contributed by atoms with Gasteiger partial charge in [0.05, 0.1) is 36.6 Å². The van der Waals surface area contributed by atoms with Crippen LogP contribution in [0, 0.1) is 0 Å². The number of benzene rings is 2. The maximum absolute atomic E-state index is 12.3. The van der Waals surface area contributed by atoms with Crippen molar-refractivity contribution in [3.8, 4) is 5.75 Å². The first kappa shape index (κ1) is 20.4. The highest BCUT2D eigenvalue weighted by Gasteiger charge is 2.18. The van der Waals surface area contributed by atoms with Crippen LogP contribution in [0.4, 0.5) is 5.69 Å². The van der Waals surface area contributed by atoms with E-state index in [0.717, 1.165) is 0 Å². The molecule has 2 aromatic rings. The van der Waals surface area contributed by atoms with E-state index < -0.39 is 30.4 Å². The normalized spacial score (nSPS) is 9.93. The Morgan fingerprint density at radius 2 is 1.61 bits per heavy atom. The van der Waals surface area contributed by atoms with Crippen LogP contribution >= 0.6 is 0 Å². The lowest BCUT2D eigenvalue weighted by Gasteiger charge is -2.13. The Hall–Kier alpha value is -3.88. The van der Waals surface area contributed by atoms with Crippen molar-refractivity contribution in [2.45, 2.75) is 0 Å². The predicted octanol–water partition coefficient (Wildman–Crippen LogP) is 1.38. The second-order valence-electron chi connectivity index (χ2n) is 5.44. The lowest BCUT2D eigenvalue weighted by Crippen LogP contribution is -2.23. The molecule has 0 unspecified atom stereocenters. The van der Waals surface area contributed by atoms with Gasteiger partial charge in [-0.2, -0.15) is 0 Å². The molecule has 0 saturated carbocycles. The van der Waals surface area contributed by atoms with Gasteiger partial charge in [0, 0.05) is 0 Å². The number of ether oxygens (including phenoxy) is 3. The number of nitrogens with one attached hydrogen (secondary N) is 1. The van der Waals surface area contributed by atoms with Crippen molar-refractivity contribution >= 4 is 29.4 Å². The molecule has 0 aliphatic carbocycles. The Morgan fingerprint density at radius 1 is 0.929 bits per heavy atom. The number of carbonyl (C=O) groups excluding carboxylic acids is 4. The first-order valence-corrected chi connectivity index (χ1v) is 7.99. The zero-order chi connectivity index (χ0) is 20.7. The molecule has 0 bridgehead atoms. The first-order valence-electron chi connectivity index (χ1n) is 7.99. The molecule has 3 N–H and O–H groups in total. The van der Waals surface area contributed by atoms with Crippen molar-refractivity contribution in [1.29, 1.82) is 0 Å². The summed E-state index contributed by atoms with van der Waals surface area (Å²) in [5.41, 5.74) is 5.60. The average Bonchev–Trinajstić information content (AvgIpc) is 2.71. The molecule has 0 fully saturated rings. The number of carbonyl (C=O) groups is 4. The van der Waals surface area contributed by atoms with E-state index in [9.17, 15) is 19.2 Å². The van der Waals surface area contributed by atoms with Crippen LogP contribution in [0.25, 0.3) is 0 Å². The summed E-state index contributed by atoms with van der Waals surface area (Å²) in [4.78, 5) is 47.2. The van der Waals surface area contributed by atoms with Gasteiger partial charge in [-0.1, -0.05) is 12.1 Å². The summed E-state index contributed by atoms with van der Waals surface area (Å²) in [5.74, 6) is -2.53. The number of esters is 2. The van der Waals surface area contributed by atoms with Gasteiger partial charge < -0.3 is 25.3 Å². The van der Waals surface area contributed by atoms with Gasteiger partial charge in [-0.25, -0.2) is 9.59 Å². The topological polar surface area (TPSA) is 134 Å². The summed E-state index contributed by atoms with van der Waals surface area (Å²) in [6.45, 7) is -0.465. The molecule has 0 aromatic heterocycles. The van der Waals surface area contributed by atoms with Crippen LogP contribution in [0.15, 0.2) is 42.5 Å². The van der Waals surface area contributed by atoms with Crippen LogP contribution in [0.2, 0.25) is 0 Å². The van der Waals surface area contributed by atoms with E-state index in [2.05, 4.69) is 14.8 Å². The molecule has 0 aliphatic rings. The minimum absolute atomic E-state index is 0.0426. The number of methoxy groups -OCH3 is 2. The van der Waals surface area contributed by atoms with E-state index in [1.165, 1.54) is 44.6 Å². The predicted molar refractivity (Wildman–Crippen MR) is 98.2 cm³/mol. The maximum Gasteiger partial charge on any atom is 0.339 e. The quantitative estimate of drug-likeness (QED) is 0.687. The molecule has 9 heteroatoms. The summed E-state index contributed by atoms with van der Waals surface area (Å²) in [6, 6.07) is 10.2. The number of primary amides is 1. The SMILES string of the molecule is COC(=O)c1ccc(C(=O)OC)c(NC(=O)COc2ccccc2C(N)=O)c1. The van der Waals surface area contributed by atoms with E-state index in [4.69, 9.17) is 10.5 Å². The van der Waals surface area contributed by atoms with Gasteiger partial charge in [-0.3, -0.25) is 9.59 Å². The van der Waals surface area contributed by atoms with Crippen LogP contribution in [-0.2, 0) is 14.3 Å². The van der Waals surface area contributed by atoms with Crippen LogP contribution < -0.4 is 15.8 Å². The molecule has 0 atom stereocenters. The highest BCUT2D eigenvalue weighted by Crippen LogP contribution is 2.21. The fraction of sp³-hybridized carbons (Fsp3) is 0.158. The van der Waals surface area contributed by atoms with Crippen molar-refractivity contribution < 1.29 is 33.4 Å². The van der Waals surface area contributed by atoms with E-state index in [-0.39, 0.29) is 28.1 Å². The number of anilines is 1.